The van der Waals surface area contributed by atoms with E-state index in [1.165, 1.54) is 41.1 Å². The average molecular weight is 430 g/mol. The minimum Gasteiger partial charge on any atom is -0.350 e. The van der Waals surface area contributed by atoms with E-state index in [9.17, 15) is 19.3 Å². The number of nitro benzene ring substituents is 1. The third kappa shape index (κ3) is 4.54. The molecule has 0 aliphatic heterocycles. The fraction of sp³-hybridized carbons (Fsp3) is 0.0833. The highest BCUT2D eigenvalue weighted by molar-refractivity contribution is 5.94. The number of carbonyl (C=O) groups excluding carboxylic acids is 1. The molecule has 0 bridgehead atoms. The molecule has 1 amide bonds. The highest BCUT2D eigenvalue weighted by atomic mass is 19.1. The maximum atomic E-state index is 14.3. The van der Waals surface area contributed by atoms with E-state index < -0.39 is 10.7 Å². The van der Waals surface area contributed by atoms with Gasteiger partial charge in [0.05, 0.1) is 16.3 Å². The molecule has 1 aromatic heterocycles. The number of hydrogen-bond donors (Lipinski definition) is 1. The van der Waals surface area contributed by atoms with Crippen molar-refractivity contribution in [1.82, 2.24) is 15.1 Å². The highest BCUT2D eigenvalue weighted by Gasteiger charge is 2.19. The Bertz CT molecular complexity index is 1250. The Morgan fingerprint density at radius 3 is 2.38 bits per heavy atom. The van der Waals surface area contributed by atoms with Crippen molar-refractivity contribution in [2.24, 2.45) is 0 Å². The zero-order valence-corrected chi connectivity index (χ0v) is 16.9. The lowest BCUT2D eigenvalue weighted by molar-refractivity contribution is -0.384. The summed E-state index contributed by atoms with van der Waals surface area (Å²) in [5, 5.41) is 18.2. The Balaban J connectivity index is 1.65. The van der Waals surface area contributed by atoms with E-state index in [-0.39, 0.29) is 28.5 Å². The number of halogens is 1. The van der Waals surface area contributed by atoms with Crippen molar-refractivity contribution in [3.8, 4) is 16.9 Å². The lowest BCUT2D eigenvalue weighted by atomic mass is 10.1. The maximum Gasteiger partial charge on any atom is 0.270 e. The van der Waals surface area contributed by atoms with Gasteiger partial charge in [0.1, 0.15) is 11.5 Å². The summed E-state index contributed by atoms with van der Waals surface area (Å²) in [6.45, 7) is 0.406. The molecule has 32 heavy (non-hydrogen) atoms. The Labute approximate surface area is 183 Å². The van der Waals surface area contributed by atoms with E-state index in [0.29, 0.717) is 18.7 Å². The van der Waals surface area contributed by atoms with Crippen LogP contribution >= 0.6 is 0 Å². The lowest BCUT2D eigenvalue weighted by Gasteiger charge is -2.08. The van der Waals surface area contributed by atoms with Crippen LogP contribution in [0.4, 0.5) is 10.1 Å². The monoisotopic (exact) mass is 430 g/mol. The smallest absolute Gasteiger partial charge is 0.270 e. The Kier molecular flexibility index (Phi) is 6.03. The zero-order valence-electron chi connectivity index (χ0n) is 16.9. The fourth-order valence-electron chi connectivity index (χ4n) is 3.31. The van der Waals surface area contributed by atoms with Gasteiger partial charge in [0.15, 0.2) is 0 Å². The van der Waals surface area contributed by atoms with Crippen molar-refractivity contribution in [2.45, 2.75) is 6.42 Å². The summed E-state index contributed by atoms with van der Waals surface area (Å²) in [5.41, 5.74) is 2.20. The number of rotatable bonds is 7. The second-order valence-electron chi connectivity index (χ2n) is 7.07. The highest BCUT2D eigenvalue weighted by Crippen LogP contribution is 2.25. The van der Waals surface area contributed by atoms with Gasteiger partial charge in [-0.25, -0.2) is 9.07 Å². The fourth-order valence-corrected chi connectivity index (χ4v) is 3.31. The predicted molar refractivity (Wildman–Crippen MR) is 118 cm³/mol. The van der Waals surface area contributed by atoms with Gasteiger partial charge in [0.25, 0.3) is 11.6 Å². The predicted octanol–water partition coefficient (Wildman–Crippen LogP) is 4.56. The molecule has 0 aliphatic carbocycles. The number of hydrogen-bond acceptors (Lipinski definition) is 4. The van der Waals surface area contributed by atoms with Crippen LogP contribution in [0.2, 0.25) is 0 Å². The van der Waals surface area contributed by atoms with Gasteiger partial charge in [0, 0.05) is 24.2 Å². The molecule has 4 aromatic rings. The van der Waals surface area contributed by atoms with Gasteiger partial charge in [0.2, 0.25) is 0 Å². The number of amides is 1. The normalized spacial score (nSPS) is 10.7. The number of benzene rings is 3. The number of aromatic nitrogens is 2. The molecule has 0 saturated heterocycles. The van der Waals surface area contributed by atoms with Crippen molar-refractivity contribution in [3.63, 3.8) is 0 Å². The topological polar surface area (TPSA) is 90.1 Å². The van der Waals surface area contributed by atoms with Crippen LogP contribution in [0.25, 0.3) is 16.9 Å². The molecule has 4 rings (SSSR count). The van der Waals surface area contributed by atoms with E-state index in [1.54, 1.807) is 18.2 Å². The van der Waals surface area contributed by atoms with Crippen LogP contribution in [-0.2, 0) is 6.42 Å². The summed E-state index contributed by atoms with van der Waals surface area (Å²) < 4.78 is 15.7. The minimum atomic E-state index is -0.505. The molecule has 1 heterocycles. The van der Waals surface area contributed by atoms with Gasteiger partial charge < -0.3 is 5.32 Å². The molecule has 3 aromatic carbocycles. The largest absolute Gasteiger partial charge is 0.350 e. The molecule has 0 fully saturated rings. The van der Waals surface area contributed by atoms with E-state index in [1.807, 2.05) is 30.3 Å². The first-order valence-electron chi connectivity index (χ1n) is 9.95. The molecule has 0 aliphatic rings. The van der Waals surface area contributed by atoms with Crippen LogP contribution in [0, 0.1) is 15.9 Å². The van der Waals surface area contributed by atoms with Gasteiger partial charge in [-0.3, -0.25) is 14.9 Å². The number of nitrogens with one attached hydrogen (secondary N) is 1. The number of non-ortho nitro benzene ring substituents is 1. The molecule has 0 atom stereocenters. The minimum absolute atomic E-state index is 0.0795. The van der Waals surface area contributed by atoms with Crippen molar-refractivity contribution < 1.29 is 14.1 Å². The van der Waals surface area contributed by atoms with Gasteiger partial charge >= 0.3 is 0 Å². The first-order chi connectivity index (χ1) is 15.5. The second-order valence-corrected chi connectivity index (χ2v) is 7.07. The van der Waals surface area contributed by atoms with Crippen LogP contribution in [0.1, 0.15) is 16.1 Å². The first-order valence-corrected chi connectivity index (χ1v) is 9.95. The number of nitro groups is 1. The second kappa shape index (κ2) is 9.22. The number of carbonyl (C=O) groups is 1. The van der Waals surface area contributed by atoms with E-state index in [2.05, 4.69) is 10.4 Å². The maximum absolute atomic E-state index is 14.3. The molecule has 160 valence electrons. The van der Waals surface area contributed by atoms with Crippen LogP contribution in [0.15, 0.2) is 84.9 Å². The van der Waals surface area contributed by atoms with Gasteiger partial charge in [-0.2, -0.15) is 5.10 Å². The Morgan fingerprint density at radius 1 is 1.00 bits per heavy atom. The summed E-state index contributed by atoms with van der Waals surface area (Å²) in [6, 6.07) is 23.1. The molecule has 0 unspecified atom stereocenters. The van der Waals surface area contributed by atoms with Crippen LogP contribution < -0.4 is 5.32 Å². The number of nitrogens with zero attached hydrogens (tertiary/aromatic N) is 3. The zero-order chi connectivity index (χ0) is 22.5. The van der Waals surface area contributed by atoms with Gasteiger partial charge in [-0.1, -0.05) is 42.5 Å². The van der Waals surface area contributed by atoms with Crippen molar-refractivity contribution in [3.05, 3.63) is 112 Å². The molecular weight excluding hydrogens is 411 g/mol. The van der Waals surface area contributed by atoms with Crippen molar-refractivity contribution in [1.29, 1.82) is 0 Å². The van der Waals surface area contributed by atoms with Crippen LogP contribution in [0.5, 0.6) is 0 Å². The Hall–Kier alpha value is -4.33. The molecular formula is C24H19FN4O3. The Morgan fingerprint density at radius 2 is 1.69 bits per heavy atom. The average Bonchev–Trinajstić information content (AvgIpc) is 3.25. The standard InChI is InChI=1S/C24H19FN4O3/c25-21-9-5-4-8-20(21)22-16-23(24(30)26-15-14-17-6-2-1-3-7-17)28(27-22)18-10-12-19(13-11-18)29(31)32/h1-13,16H,14-15H2,(H,26,30). The molecule has 7 nitrogen and oxygen atoms in total. The van der Waals surface area contributed by atoms with Gasteiger partial charge in [-0.05, 0) is 42.3 Å². The third-order valence-corrected chi connectivity index (χ3v) is 4.94. The van der Waals surface area contributed by atoms with Crippen molar-refractivity contribution >= 4 is 11.6 Å². The molecule has 1 N–H and O–H groups in total. The first kappa shape index (κ1) is 20.9. The molecule has 0 saturated carbocycles. The van der Waals surface area contributed by atoms with Crippen molar-refractivity contribution in [2.75, 3.05) is 6.54 Å². The third-order valence-electron chi connectivity index (χ3n) is 4.94. The molecule has 8 heteroatoms. The molecule has 0 spiro atoms. The summed E-state index contributed by atoms with van der Waals surface area (Å²) in [5.74, 6) is -0.841. The van der Waals surface area contributed by atoms with E-state index in [0.717, 1.165) is 5.56 Å². The summed E-state index contributed by atoms with van der Waals surface area (Å²) in [6.07, 6.45) is 0.651. The van der Waals surface area contributed by atoms with Gasteiger partial charge in [-0.15, -0.1) is 0 Å². The van der Waals surface area contributed by atoms with Crippen LogP contribution in [0.3, 0.4) is 0 Å². The quantitative estimate of drug-likeness (QED) is 0.344. The SMILES string of the molecule is O=C(NCCc1ccccc1)c1cc(-c2ccccc2F)nn1-c1ccc([N+](=O)[O-])cc1. The van der Waals surface area contributed by atoms with Crippen LogP contribution in [-0.4, -0.2) is 27.2 Å². The van der Waals surface area contributed by atoms with E-state index >= 15 is 0 Å². The molecule has 0 radical (unpaired) electrons. The summed E-state index contributed by atoms with van der Waals surface area (Å²) in [7, 11) is 0. The lowest BCUT2D eigenvalue weighted by Crippen LogP contribution is -2.27. The van der Waals surface area contributed by atoms with E-state index in [4.69, 9.17) is 0 Å². The summed E-state index contributed by atoms with van der Waals surface area (Å²) in [4.78, 5) is 23.4. The summed E-state index contributed by atoms with van der Waals surface area (Å²) >= 11 is 0.